The molecule has 1 aromatic rings. The fourth-order valence-electron chi connectivity index (χ4n) is 3.37. The van der Waals surface area contributed by atoms with E-state index in [1.54, 1.807) is 0 Å². The summed E-state index contributed by atoms with van der Waals surface area (Å²) in [6.07, 6.45) is 4.07. The van der Waals surface area contributed by atoms with E-state index in [2.05, 4.69) is 6.92 Å². The van der Waals surface area contributed by atoms with Crippen LogP contribution in [-0.4, -0.2) is 11.1 Å². The lowest BCUT2D eigenvalue weighted by Crippen LogP contribution is -2.30. The van der Waals surface area contributed by atoms with Gasteiger partial charge in [-0.25, -0.2) is 8.78 Å². The molecule has 1 fully saturated rings. The van der Waals surface area contributed by atoms with Crippen LogP contribution in [0.25, 0.3) is 0 Å². The molecule has 3 unspecified atom stereocenters. The first kappa shape index (κ1) is 14.9. The average Bonchev–Trinajstić information content (AvgIpc) is 2.42. The third-order valence-electron chi connectivity index (χ3n) is 4.35. The van der Waals surface area contributed by atoms with Gasteiger partial charge in [0, 0.05) is 5.92 Å². The first-order valence-corrected chi connectivity index (χ1v) is 7.21. The van der Waals surface area contributed by atoms with Gasteiger partial charge in [-0.3, -0.25) is 4.79 Å². The molecule has 0 bridgehead atoms. The van der Waals surface area contributed by atoms with E-state index in [-0.39, 0.29) is 5.56 Å². The van der Waals surface area contributed by atoms with Crippen molar-refractivity contribution in [3.05, 3.63) is 35.4 Å². The molecule has 0 aromatic heterocycles. The van der Waals surface area contributed by atoms with Gasteiger partial charge in [0.05, 0.1) is 5.92 Å². The van der Waals surface area contributed by atoms with E-state index in [0.717, 1.165) is 25.3 Å². The number of hydrogen-bond acceptors (Lipinski definition) is 1. The van der Waals surface area contributed by atoms with Gasteiger partial charge in [0.1, 0.15) is 0 Å². The zero-order valence-corrected chi connectivity index (χ0v) is 11.6. The largest absolute Gasteiger partial charge is 0.481 e. The number of halogens is 2. The van der Waals surface area contributed by atoms with Crippen molar-refractivity contribution in [1.29, 1.82) is 0 Å². The lowest BCUT2D eigenvalue weighted by atomic mass is 9.70. The highest BCUT2D eigenvalue weighted by Gasteiger charge is 2.37. The van der Waals surface area contributed by atoms with Crippen LogP contribution in [0.2, 0.25) is 0 Å². The number of benzene rings is 1. The van der Waals surface area contributed by atoms with Gasteiger partial charge in [-0.05, 0) is 36.8 Å². The minimum absolute atomic E-state index is 0.221. The third kappa shape index (κ3) is 3.00. The van der Waals surface area contributed by atoms with Crippen LogP contribution >= 0.6 is 0 Å². The summed E-state index contributed by atoms with van der Waals surface area (Å²) in [6, 6.07) is 4.05. The highest BCUT2D eigenvalue weighted by Crippen LogP contribution is 2.43. The zero-order valence-electron chi connectivity index (χ0n) is 11.6. The summed E-state index contributed by atoms with van der Waals surface area (Å²) in [7, 11) is 0. The van der Waals surface area contributed by atoms with Gasteiger partial charge in [0.15, 0.2) is 11.6 Å². The number of hydrogen-bond donors (Lipinski definition) is 1. The minimum atomic E-state index is -0.909. The molecule has 0 spiro atoms. The van der Waals surface area contributed by atoms with Crippen molar-refractivity contribution in [2.75, 3.05) is 0 Å². The van der Waals surface area contributed by atoms with Crippen molar-refractivity contribution in [3.8, 4) is 0 Å². The van der Waals surface area contributed by atoms with Crippen LogP contribution in [0, 0.1) is 23.5 Å². The number of carboxylic acid groups (broad SMARTS) is 1. The Morgan fingerprint density at radius 3 is 2.75 bits per heavy atom. The number of rotatable bonds is 4. The second-order valence-electron chi connectivity index (χ2n) is 5.66. The van der Waals surface area contributed by atoms with Gasteiger partial charge in [-0.1, -0.05) is 31.9 Å². The Bertz CT molecular complexity index is 487. The maximum atomic E-state index is 14.0. The van der Waals surface area contributed by atoms with E-state index in [0.29, 0.717) is 18.8 Å². The van der Waals surface area contributed by atoms with Crippen molar-refractivity contribution in [3.63, 3.8) is 0 Å². The molecule has 1 saturated carbocycles. The van der Waals surface area contributed by atoms with E-state index in [1.165, 1.54) is 12.1 Å². The molecule has 1 N–H and O–H groups in total. The van der Waals surface area contributed by atoms with Crippen LogP contribution in [0.3, 0.4) is 0 Å². The maximum absolute atomic E-state index is 14.0. The van der Waals surface area contributed by atoms with Gasteiger partial charge in [-0.2, -0.15) is 0 Å². The van der Waals surface area contributed by atoms with Gasteiger partial charge >= 0.3 is 5.97 Å². The predicted octanol–water partition coefficient (Wildman–Crippen LogP) is 4.35. The Morgan fingerprint density at radius 1 is 1.35 bits per heavy atom. The lowest BCUT2D eigenvalue weighted by Gasteiger charge is -2.34. The Hall–Kier alpha value is -1.45. The van der Waals surface area contributed by atoms with Crippen LogP contribution in [0.4, 0.5) is 8.78 Å². The number of carboxylic acids is 1. The normalized spacial score (nSPS) is 26.4. The molecule has 0 saturated heterocycles. The summed E-state index contributed by atoms with van der Waals surface area (Å²) >= 11 is 0. The molecular formula is C16H20F2O2. The predicted molar refractivity (Wildman–Crippen MR) is 72.5 cm³/mol. The van der Waals surface area contributed by atoms with Crippen molar-refractivity contribution >= 4 is 5.97 Å². The summed E-state index contributed by atoms with van der Waals surface area (Å²) in [5.41, 5.74) is 0.221. The van der Waals surface area contributed by atoms with Crippen LogP contribution in [0.5, 0.6) is 0 Å². The molecular weight excluding hydrogens is 262 g/mol. The minimum Gasteiger partial charge on any atom is -0.481 e. The van der Waals surface area contributed by atoms with E-state index in [1.807, 2.05) is 0 Å². The maximum Gasteiger partial charge on any atom is 0.307 e. The highest BCUT2D eigenvalue weighted by molar-refractivity contribution is 5.71. The molecule has 3 atom stereocenters. The molecule has 110 valence electrons. The van der Waals surface area contributed by atoms with Crippen molar-refractivity contribution in [2.45, 2.75) is 44.9 Å². The van der Waals surface area contributed by atoms with E-state index in [4.69, 9.17) is 0 Å². The van der Waals surface area contributed by atoms with E-state index < -0.39 is 29.4 Å². The van der Waals surface area contributed by atoms with Crippen molar-refractivity contribution < 1.29 is 18.7 Å². The van der Waals surface area contributed by atoms with Crippen molar-refractivity contribution in [2.24, 2.45) is 11.8 Å². The molecule has 2 rings (SSSR count). The summed E-state index contributed by atoms with van der Waals surface area (Å²) in [4.78, 5) is 11.4. The van der Waals surface area contributed by atoms with Crippen LogP contribution < -0.4 is 0 Å². The Labute approximate surface area is 117 Å². The fraction of sp³-hybridized carbons (Fsp3) is 0.562. The Morgan fingerprint density at radius 2 is 2.10 bits per heavy atom. The molecule has 1 aliphatic carbocycles. The third-order valence-corrected chi connectivity index (χ3v) is 4.35. The molecule has 0 aliphatic heterocycles. The smallest absolute Gasteiger partial charge is 0.307 e. The molecule has 0 amide bonds. The average molecular weight is 282 g/mol. The Balaban J connectivity index is 2.31. The van der Waals surface area contributed by atoms with Gasteiger partial charge < -0.3 is 5.11 Å². The molecule has 1 aliphatic rings. The molecule has 4 heteroatoms. The van der Waals surface area contributed by atoms with E-state index in [9.17, 15) is 18.7 Å². The summed E-state index contributed by atoms with van der Waals surface area (Å²) in [5.74, 6) is -3.32. The second kappa shape index (κ2) is 6.33. The lowest BCUT2D eigenvalue weighted by molar-refractivity contribution is -0.144. The Kier molecular flexibility index (Phi) is 4.73. The summed E-state index contributed by atoms with van der Waals surface area (Å²) in [6.45, 7) is 2.08. The van der Waals surface area contributed by atoms with Gasteiger partial charge in [0.2, 0.25) is 0 Å². The molecule has 0 heterocycles. The monoisotopic (exact) mass is 282 g/mol. The summed E-state index contributed by atoms with van der Waals surface area (Å²) in [5, 5.41) is 9.33. The number of carbonyl (C=O) groups is 1. The standard InChI is InChI=1S/C16H20F2O2/c1-2-4-10-7-8-12(16(19)20)13(9-10)11-5-3-6-14(17)15(11)18/h3,5-6,10,12-13H,2,4,7-9H2,1H3,(H,19,20). The highest BCUT2D eigenvalue weighted by atomic mass is 19.2. The topological polar surface area (TPSA) is 37.3 Å². The van der Waals surface area contributed by atoms with Crippen LogP contribution in [0.1, 0.15) is 50.5 Å². The fourth-order valence-corrected chi connectivity index (χ4v) is 3.37. The first-order chi connectivity index (χ1) is 9.54. The second-order valence-corrected chi connectivity index (χ2v) is 5.66. The SMILES string of the molecule is CCCC1CCC(C(=O)O)C(c2cccc(F)c2F)C1. The van der Waals surface area contributed by atoms with Crippen LogP contribution in [0.15, 0.2) is 18.2 Å². The molecule has 1 aromatic carbocycles. The zero-order chi connectivity index (χ0) is 14.7. The van der Waals surface area contributed by atoms with Crippen LogP contribution in [-0.2, 0) is 4.79 Å². The van der Waals surface area contributed by atoms with Gasteiger partial charge in [0.25, 0.3) is 0 Å². The number of aliphatic carboxylic acids is 1. The first-order valence-electron chi connectivity index (χ1n) is 7.21. The molecule has 20 heavy (non-hydrogen) atoms. The van der Waals surface area contributed by atoms with Gasteiger partial charge in [-0.15, -0.1) is 0 Å². The van der Waals surface area contributed by atoms with E-state index >= 15 is 0 Å². The van der Waals surface area contributed by atoms with Crippen molar-refractivity contribution in [1.82, 2.24) is 0 Å². The quantitative estimate of drug-likeness (QED) is 0.891. The summed E-state index contributed by atoms with van der Waals surface area (Å²) < 4.78 is 27.4. The molecule has 0 radical (unpaired) electrons. The molecule has 2 nitrogen and oxygen atoms in total.